The Labute approximate surface area is 133 Å². The number of fused-ring (bicyclic) bond motifs is 1. The lowest BCUT2D eigenvalue weighted by Crippen LogP contribution is -2.35. The minimum Gasteiger partial charge on any atom is -0.486 e. The van der Waals surface area contributed by atoms with Gasteiger partial charge in [0.05, 0.1) is 6.54 Å². The van der Waals surface area contributed by atoms with Crippen LogP contribution in [0.2, 0.25) is 0 Å². The highest BCUT2D eigenvalue weighted by molar-refractivity contribution is 5.98. The van der Waals surface area contributed by atoms with Gasteiger partial charge in [0.1, 0.15) is 19.0 Å². The molecule has 5 nitrogen and oxygen atoms in total. The largest absolute Gasteiger partial charge is 0.486 e. The fraction of sp³-hybridized carbons (Fsp3) is 0.412. The number of halogens is 1. The Morgan fingerprint density at radius 1 is 1.13 bits per heavy atom. The molecule has 0 fully saturated rings. The molecule has 0 aromatic heterocycles. The van der Waals surface area contributed by atoms with E-state index in [1.54, 1.807) is 18.2 Å². The molecule has 0 aliphatic carbocycles. The predicted octanol–water partition coefficient (Wildman–Crippen LogP) is 2.51. The normalized spacial score (nSPS) is 16.7. The van der Waals surface area contributed by atoms with Gasteiger partial charge in [0.15, 0.2) is 17.3 Å². The third-order valence-electron chi connectivity index (χ3n) is 3.89. The molecule has 3 rings (SSSR count). The number of amides is 1. The van der Waals surface area contributed by atoms with Gasteiger partial charge in [0.2, 0.25) is 5.91 Å². The summed E-state index contributed by atoms with van der Waals surface area (Å²) in [5.41, 5.74) is 0.492. The number of benzene rings is 1. The monoisotopic (exact) mass is 319 g/mol. The molecular formula is C17H18FNO4. The molecule has 23 heavy (non-hydrogen) atoms. The maximum atomic E-state index is 13.2. The summed E-state index contributed by atoms with van der Waals surface area (Å²) in [6.45, 7) is 1.47. The Morgan fingerprint density at radius 2 is 1.91 bits per heavy atom. The summed E-state index contributed by atoms with van der Waals surface area (Å²) in [5, 5.41) is 0. The van der Waals surface area contributed by atoms with Crippen molar-refractivity contribution in [1.29, 1.82) is 0 Å². The number of ketones is 1. The Morgan fingerprint density at radius 3 is 2.70 bits per heavy atom. The van der Waals surface area contributed by atoms with E-state index in [1.165, 1.54) is 11.0 Å². The first-order chi connectivity index (χ1) is 11.1. The highest BCUT2D eigenvalue weighted by Gasteiger charge is 2.20. The predicted molar refractivity (Wildman–Crippen MR) is 81.4 cm³/mol. The van der Waals surface area contributed by atoms with E-state index in [2.05, 4.69) is 0 Å². The maximum Gasteiger partial charge on any atom is 0.223 e. The average molecular weight is 319 g/mol. The van der Waals surface area contributed by atoms with E-state index >= 15 is 0 Å². The van der Waals surface area contributed by atoms with Crippen molar-refractivity contribution < 1.29 is 23.5 Å². The van der Waals surface area contributed by atoms with E-state index < -0.39 is 0 Å². The van der Waals surface area contributed by atoms with Crippen LogP contribution in [-0.2, 0) is 4.79 Å². The molecule has 0 saturated heterocycles. The van der Waals surface area contributed by atoms with Gasteiger partial charge < -0.3 is 14.4 Å². The lowest BCUT2D eigenvalue weighted by molar-refractivity contribution is -0.131. The van der Waals surface area contributed by atoms with Crippen molar-refractivity contribution >= 4 is 11.7 Å². The summed E-state index contributed by atoms with van der Waals surface area (Å²) < 4.78 is 24.0. The third-order valence-corrected chi connectivity index (χ3v) is 3.89. The Bertz CT molecular complexity index is 656. The Kier molecular flexibility index (Phi) is 4.60. The van der Waals surface area contributed by atoms with E-state index in [4.69, 9.17) is 9.47 Å². The number of nitrogens with zero attached hydrogens (tertiary/aromatic N) is 1. The molecule has 2 heterocycles. The fourth-order valence-electron chi connectivity index (χ4n) is 2.66. The molecule has 1 amide bonds. The highest BCUT2D eigenvalue weighted by atomic mass is 19.1. The van der Waals surface area contributed by atoms with Crippen molar-refractivity contribution in [3.63, 3.8) is 0 Å². The van der Waals surface area contributed by atoms with Gasteiger partial charge in [-0.1, -0.05) is 0 Å². The zero-order chi connectivity index (χ0) is 16.2. The SMILES string of the molecule is O=C(CCC(=O)N1CCC=C(F)C1)c1ccc2c(c1)OCCO2. The maximum absolute atomic E-state index is 13.2. The second kappa shape index (κ2) is 6.81. The molecule has 1 aromatic rings. The van der Waals surface area contributed by atoms with Gasteiger partial charge in [-0.2, -0.15) is 0 Å². The summed E-state index contributed by atoms with van der Waals surface area (Å²) in [6.07, 6.45) is 2.19. The quantitative estimate of drug-likeness (QED) is 0.800. The molecule has 0 N–H and O–H groups in total. The van der Waals surface area contributed by atoms with Crippen molar-refractivity contribution in [1.82, 2.24) is 4.90 Å². The summed E-state index contributed by atoms with van der Waals surface area (Å²) in [5.74, 6) is 0.557. The number of rotatable bonds is 4. The van der Waals surface area contributed by atoms with E-state index in [0.717, 1.165) is 0 Å². The van der Waals surface area contributed by atoms with Crippen LogP contribution in [0.25, 0.3) is 0 Å². The first-order valence-electron chi connectivity index (χ1n) is 7.68. The van der Waals surface area contributed by atoms with Gasteiger partial charge in [-0.25, -0.2) is 4.39 Å². The molecule has 0 unspecified atom stereocenters. The van der Waals surface area contributed by atoms with Crippen LogP contribution in [0.4, 0.5) is 4.39 Å². The molecule has 0 bridgehead atoms. The molecule has 1 aromatic carbocycles. The molecule has 0 atom stereocenters. The minimum absolute atomic E-state index is 0.0110. The molecule has 0 spiro atoms. The molecule has 0 saturated carbocycles. The number of carbonyl (C=O) groups excluding carboxylic acids is 2. The summed E-state index contributed by atoms with van der Waals surface area (Å²) in [6, 6.07) is 5.02. The second-order valence-electron chi connectivity index (χ2n) is 5.54. The van der Waals surface area contributed by atoms with Crippen molar-refractivity contribution in [2.24, 2.45) is 0 Å². The van der Waals surface area contributed by atoms with E-state index in [0.29, 0.717) is 43.2 Å². The van der Waals surface area contributed by atoms with Gasteiger partial charge in [-0.15, -0.1) is 0 Å². The molecule has 122 valence electrons. The lowest BCUT2D eigenvalue weighted by atomic mass is 10.0. The van der Waals surface area contributed by atoms with Crippen LogP contribution in [0.1, 0.15) is 29.6 Å². The van der Waals surface area contributed by atoms with Gasteiger partial charge in [0, 0.05) is 24.9 Å². The molecule has 0 radical (unpaired) electrons. The Hall–Kier alpha value is -2.37. The van der Waals surface area contributed by atoms with Crippen molar-refractivity contribution in [2.45, 2.75) is 19.3 Å². The van der Waals surface area contributed by atoms with Gasteiger partial charge >= 0.3 is 0 Å². The number of hydrogen-bond acceptors (Lipinski definition) is 4. The second-order valence-corrected chi connectivity index (χ2v) is 5.54. The molecular weight excluding hydrogens is 301 g/mol. The van der Waals surface area contributed by atoms with Crippen LogP contribution in [0.5, 0.6) is 11.5 Å². The van der Waals surface area contributed by atoms with E-state index in [1.807, 2.05) is 0 Å². The Balaban J connectivity index is 1.57. The number of ether oxygens (including phenoxy) is 2. The van der Waals surface area contributed by atoms with Crippen LogP contribution in [0.15, 0.2) is 30.1 Å². The van der Waals surface area contributed by atoms with E-state index in [9.17, 15) is 14.0 Å². The third kappa shape index (κ3) is 3.70. The van der Waals surface area contributed by atoms with Gasteiger partial charge in [-0.3, -0.25) is 9.59 Å². The van der Waals surface area contributed by atoms with Crippen LogP contribution < -0.4 is 9.47 Å². The molecule has 6 heteroatoms. The van der Waals surface area contributed by atoms with Crippen LogP contribution in [-0.4, -0.2) is 42.9 Å². The van der Waals surface area contributed by atoms with Crippen molar-refractivity contribution in [2.75, 3.05) is 26.3 Å². The van der Waals surface area contributed by atoms with Crippen LogP contribution in [0.3, 0.4) is 0 Å². The zero-order valence-electron chi connectivity index (χ0n) is 12.7. The van der Waals surface area contributed by atoms with Crippen molar-refractivity contribution in [3.05, 3.63) is 35.7 Å². The van der Waals surface area contributed by atoms with Crippen molar-refractivity contribution in [3.8, 4) is 11.5 Å². The number of Topliss-reactive ketones (excluding diaryl/α,β-unsaturated/α-hetero) is 1. The standard InChI is InChI=1S/C17H18FNO4/c18-13-2-1-7-19(11-13)17(21)6-4-14(20)12-3-5-15-16(10-12)23-9-8-22-15/h2-3,5,10H,1,4,6-9,11H2. The first-order valence-corrected chi connectivity index (χ1v) is 7.68. The van der Waals surface area contributed by atoms with E-state index in [-0.39, 0.29) is 36.9 Å². The van der Waals surface area contributed by atoms with Gasteiger partial charge in [-0.05, 0) is 30.7 Å². The number of hydrogen-bond donors (Lipinski definition) is 0. The summed E-state index contributed by atoms with van der Waals surface area (Å²) in [7, 11) is 0. The topological polar surface area (TPSA) is 55.8 Å². The summed E-state index contributed by atoms with van der Waals surface area (Å²) >= 11 is 0. The first kappa shape index (κ1) is 15.5. The fourth-order valence-corrected chi connectivity index (χ4v) is 2.66. The molecule has 2 aliphatic rings. The highest BCUT2D eigenvalue weighted by Crippen LogP contribution is 2.31. The lowest BCUT2D eigenvalue weighted by Gasteiger charge is -2.24. The average Bonchev–Trinajstić information content (AvgIpc) is 2.59. The minimum atomic E-state index is -0.289. The van der Waals surface area contributed by atoms with Crippen LogP contribution in [0, 0.1) is 0 Å². The smallest absolute Gasteiger partial charge is 0.223 e. The van der Waals surface area contributed by atoms with Crippen LogP contribution >= 0.6 is 0 Å². The number of carbonyl (C=O) groups is 2. The van der Waals surface area contributed by atoms with Gasteiger partial charge in [0.25, 0.3) is 0 Å². The molecule has 2 aliphatic heterocycles. The zero-order valence-corrected chi connectivity index (χ0v) is 12.7. The summed E-state index contributed by atoms with van der Waals surface area (Å²) in [4.78, 5) is 25.7.